The summed E-state index contributed by atoms with van der Waals surface area (Å²) in [6, 6.07) is 4.39. The third-order valence-corrected chi connectivity index (χ3v) is 14.5. The van der Waals surface area contributed by atoms with Gasteiger partial charge in [-0.15, -0.1) is 11.8 Å². The molecule has 81 heavy (non-hydrogen) atoms. The van der Waals surface area contributed by atoms with Gasteiger partial charge in [0.25, 0.3) is 5.91 Å². The maximum atomic E-state index is 13.6. The quantitative estimate of drug-likeness (QED) is 0.0208. The second-order valence-electron chi connectivity index (χ2n) is 20.7. The van der Waals surface area contributed by atoms with Crippen molar-refractivity contribution in [2.75, 3.05) is 38.5 Å². The first-order chi connectivity index (χ1) is 38.3. The number of rotatable bonds is 30. The number of aliphatic carboxylic acids is 1. The van der Waals surface area contributed by atoms with Gasteiger partial charge in [0, 0.05) is 62.3 Å². The van der Waals surface area contributed by atoms with Gasteiger partial charge in [-0.05, 0) is 87.6 Å². The number of nitrogens with two attached hydrogens (primary N) is 2. The van der Waals surface area contributed by atoms with Crippen molar-refractivity contribution in [3.63, 3.8) is 0 Å². The van der Waals surface area contributed by atoms with E-state index < -0.39 is 95.2 Å². The van der Waals surface area contributed by atoms with Crippen LogP contribution in [-0.4, -0.2) is 137 Å². The van der Waals surface area contributed by atoms with Gasteiger partial charge >= 0.3 is 11.9 Å². The van der Waals surface area contributed by atoms with Crippen LogP contribution >= 0.6 is 24.4 Å². The molecule has 2 aliphatic heterocycles. The van der Waals surface area contributed by atoms with Crippen molar-refractivity contribution < 1.29 is 57.8 Å². The highest BCUT2D eigenvalue weighted by molar-refractivity contribution is 8.03. The third-order valence-electron chi connectivity index (χ3n) is 13.0. The fourth-order valence-corrected chi connectivity index (χ4v) is 9.43. The van der Waals surface area contributed by atoms with Crippen molar-refractivity contribution in [1.29, 1.82) is 0 Å². The molecular formula is C57H98N10O12S2. The first-order valence-electron chi connectivity index (χ1n) is 28.5. The van der Waals surface area contributed by atoms with E-state index in [4.69, 9.17) is 16.2 Å². The highest BCUT2D eigenvalue weighted by Gasteiger charge is 2.43. The molecule has 460 valence electrons. The van der Waals surface area contributed by atoms with Crippen molar-refractivity contribution in [3.05, 3.63) is 40.9 Å². The number of ether oxygens (including phenoxy) is 1. The Hall–Kier alpha value is -5.72. The molecule has 2 heterocycles. The Balaban J connectivity index is 0.00000271. The van der Waals surface area contributed by atoms with Crippen molar-refractivity contribution in [2.45, 2.75) is 201 Å². The number of anilines is 1. The van der Waals surface area contributed by atoms with Crippen LogP contribution in [0.5, 0.6) is 0 Å². The fraction of sp³-hybridized carbons (Fsp3) is 0.684. The molecular weight excluding hydrogens is 1080 g/mol. The number of esters is 1. The number of primary amides is 1. The van der Waals surface area contributed by atoms with Gasteiger partial charge in [0.05, 0.1) is 24.3 Å². The Bertz CT molecular complexity index is 2180. The number of hydrogen-bond donors (Lipinski definition) is 11. The summed E-state index contributed by atoms with van der Waals surface area (Å²) < 4.78 is 5.67. The normalized spacial score (nSPS) is 17.4. The molecule has 22 nitrogen and oxygen atoms in total. The molecule has 0 radical (unpaired) electrons. The number of thioether (sulfide) groups is 1. The lowest BCUT2D eigenvalue weighted by molar-refractivity contribution is -0.147. The van der Waals surface area contributed by atoms with Crippen LogP contribution in [0.25, 0.3) is 0 Å². The zero-order valence-electron chi connectivity index (χ0n) is 50.1. The predicted octanol–water partition coefficient (Wildman–Crippen LogP) is 5.04. The summed E-state index contributed by atoms with van der Waals surface area (Å²) in [5.74, 6) is -6.41. The topological polar surface area (TPSA) is 340 Å². The van der Waals surface area contributed by atoms with Gasteiger partial charge in [-0.1, -0.05) is 101 Å². The SMILES string of the molecule is CC.CC.CC1(C)CCC1.CCCCC(=O)NC(CC(OC(C)=O)C1NC(C(=O)NC(Cc2ccc(NC(=O)CNC(=O)CNC(=O)C(CN)N3C(=O)CC(S)C3=O)cc2)CC(C)C(=O)O)=CS1)C(C)C.CNCCCCCC(N)=O. The van der Waals surface area contributed by atoms with Crippen molar-refractivity contribution in [3.8, 4) is 0 Å². The molecule has 2 fully saturated rings. The number of nitrogens with one attached hydrogen (secondary N) is 7. The number of unbranched alkanes of at least 4 members (excludes halogenated alkanes) is 3. The maximum Gasteiger partial charge on any atom is 0.306 e. The summed E-state index contributed by atoms with van der Waals surface area (Å²) in [7, 11) is 1.92. The molecule has 1 aromatic rings. The number of nitrogens with zero attached hydrogens (tertiary/aromatic N) is 1. The monoisotopic (exact) mass is 1180 g/mol. The highest BCUT2D eigenvalue weighted by atomic mass is 32.2. The molecule has 1 aromatic carbocycles. The predicted molar refractivity (Wildman–Crippen MR) is 321 cm³/mol. The Kier molecular flexibility index (Phi) is 38.4. The summed E-state index contributed by atoms with van der Waals surface area (Å²) in [6.07, 6.45) is 9.87. The standard InChI is InChI=1S/C40H58N8O11S2.C7H16N2O.C6H12.2C2H6/c1-6-7-8-32(50)46-27(21(2)3)15-30(59-23(5)49)38-47-28(20-61-38)36(54)45-26(13-22(4)40(57)58)14-24-9-11-25(12-10-24)44-34(52)19-42-33(51)18-43-37(55)29(17-41)48-35(53)16-31(60)39(48)56;1-9-6-4-2-3-5-7(8)10;1-6(2)4-3-5-6;2*1-2/h9-12,20-22,26-27,29-31,38,47,60H,6-8,13-19,41H2,1-5H3,(H,42,51)(H,43,55)(H,44,52)(H,45,54)(H,46,50)(H,57,58);9H,2-6H2,1H3,(H2,8,10);3-5H2,1-2H3;2*1-2H3. The molecule has 1 aliphatic carbocycles. The lowest BCUT2D eigenvalue weighted by Gasteiger charge is -2.33. The highest BCUT2D eigenvalue weighted by Crippen LogP contribution is 2.39. The summed E-state index contributed by atoms with van der Waals surface area (Å²) in [5.41, 5.74) is 12.6. The molecule has 7 unspecified atom stereocenters. The summed E-state index contributed by atoms with van der Waals surface area (Å²) >= 11 is 5.29. The van der Waals surface area contributed by atoms with E-state index in [0.717, 1.165) is 54.5 Å². The molecule has 1 saturated carbocycles. The molecule has 8 amide bonds. The van der Waals surface area contributed by atoms with Gasteiger partial charge in [0.15, 0.2) is 0 Å². The summed E-state index contributed by atoms with van der Waals surface area (Å²) in [6.45, 7) is 21.1. The zero-order chi connectivity index (χ0) is 61.8. The number of hydrogen-bond acceptors (Lipinski definition) is 16. The number of benzene rings is 1. The van der Waals surface area contributed by atoms with Gasteiger partial charge < -0.3 is 58.5 Å². The molecule has 1 saturated heterocycles. The van der Waals surface area contributed by atoms with Gasteiger partial charge in [-0.3, -0.25) is 52.8 Å². The van der Waals surface area contributed by atoms with Gasteiger partial charge in [0.1, 0.15) is 23.2 Å². The first kappa shape index (κ1) is 75.3. The average Bonchev–Trinajstić information content (AvgIpc) is 4.01. The third kappa shape index (κ3) is 30.8. The average molecular weight is 1180 g/mol. The van der Waals surface area contributed by atoms with E-state index >= 15 is 0 Å². The van der Waals surface area contributed by atoms with Crippen LogP contribution < -0.4 is 48.7 Å². The molecule has 24 heteroatoms. The van der Waals surface area contributed by atoms with Crippen LogP contribution in [0.4, 0.5) is 5.69 Å². The second-order valence-corrected chi connectivity index (χ2v) is 22.3. The van der Waals surface area contributed by atoms with E-state index in [2.05, 4.69) is 63.7 Å². The van der Waals surface area contributed by atoms with Crippen LogP contribution in [0.2, 0.25) is 0 Å². The van der Waals surface area contributed by atoms with E-state index in [9.17, 15) is 53.1 Å². The zero-order valence-corrected chi connectivity index (χ0v) is 51.8. The van der Waals surface area contributed by atoms with Gasteiger partial charge in [-0.25, -0.2) is 0 Å². The molecule has 12 N–H and O–H groups in total. The largest absolute Gasteiger partial charge is 0.481 e. The fourth-order valence-electron chi connectivity index (χ4n) is 8.15. The van der Waals surface area contributed by atoms with Crippen LogP contribution in [0.3, 0.4) is 0 Å². The number of carbonyl (C=O) groups is 10. The number of thiol groups is 1. The lowest BCUT2D eigenvalue weighted by atomic mass is 9.72. The summed E-state index contributed by atoms with van der Waals surface area (Å²) in [4.78, 5) is 123. The second kappa shape index (κ2) is 41.3. The van der Waals surface area contributed by atoms with Crippen molar-refractivity contribution in [1.82, 2.24) is 36.8 Å². The molecule has 0 spiro atoms. The number of imide groups is 1. The van der Waals surface area contributed by atoms with Crippen molar-refractivity contribution in [2.24, 2.45) is 28.7 Å². The van der Waals surface area contributed by atoms with E-state index in [-0.39, 0.29) is 55.3 Å². The Morgan fingerprint density at radius 1 is 0.877 bits per heavy atom. The minimum atomic E-state index is -1.31. The smallest absolute Gasteiger partial charge is 0.306 e. The summed E-state index contributed by atoms with van der Waals surface area (Å²) in [5, 5.41) is 29.3. The minimum absolute atomic E-state index is 0.0396. The van der Waals surface area contributed by atoms with Crippen LogP contribution in [-0.2, 0) is 59.1 Å². The Morgan fingerprint density at radius 2 is 1.49 bits per heavy atom. The van der Waals surface area contributed by atoms with E-state index in [1.54, 1.807) is 29.7 Å². The Morgan fingerprint density at radius 3 is 1.99 bits per heavy atom. The number of carbonyl (C=O) groups excluding carboxylic acids is 9. The molecule has 3 aliphatic rings. The number of carboxylic acid groups (broad SMARTS) is 1. The van der Waals surface area contributed by atoms with E-state index in [1.165, 1.54) is 44.9 Å². The van der Waals surface area contributed by atoms with Gasteiger partial charge in [0.2, 0.25) is 41.4 Å². The van der Waals surface area contributed by atoms with Crippen LogP contribution in [0.15, 0.2) is 35.4 Å². The molecule has 0 bridgehead atoms. The molecule has 4 rings (SSSR count). The minimum Gasteiger partial charge on any atom is -0.481 e. The molecule has 0 aromatic heterocycles. The van der Waals surface area contributed by atoms with Crippen LogP contribution in [0.1, 0.15) is 165 Å². The van der Waals surface area contributed by atoms with Crippen molar-refractivity contribution >= 4 is 89.3 Å². The molecule has 7 atom stereocenters. The van der Waals surface area contributed by atoms with Crippen LogP contribution in [0, 0.1) is 17.3 Å². The number of carboxylic acids is 1. The van der Waals surface area contributed by atoms with E-state index in [1.807, 2.05) is 55.5 Å². The number of likely N-dealkylation sites (tertiary alicyclic amines) is 1. The number of amides is 8. The lowest BCUT2D eigenvalue weighted by Crippen LogP contribution is -2.54. The van der Waals surface area contributed by atoms with E-state index in [0.29, 0.717) is 24.9 Å². The maximum absolute atomic E-state index is 13.6. The van der Waals surface area contributed by atoms with Gasteiger partial charge in [-0.2, -0.15) is 12.6 Å². The Labute approximate surface area is 490 Å². The first-order valence-corrected chi connectivity index (χ1v) is 30.0.